The summed E-state index contributed by atoms with van der Waals surface area (Å²) in [5, 5.41) is 1.07. The zero-order valence-electron chi connectivity index (χ0n) is 21.5. The Kier molecular flexibility index (Phi) is 6.74. The summed E-state index contributed by atoms with van der Waals surface area (Å²) in [6, 6.07) is 13.3. The van der Waals surface area contributed by atoms with Crippen molar-refractivity contribution in [3.63, 3.8) is 0 Å². The Bertz CT molecular complexity index is 1440. The molecule has 1 aliphatic carbocycles. The Hall–Kier alpha value is -3.33. The minimum atomic E-state index is -3.05. The maximum absolute atomic E-state index is 13.3. The fraction of sp³-hybridized carbons (Fsp3) is 0.429. The zero-order valence-corrected chi connectivity index (χ0v) is 22.3. The van der Waals surface area contributed by atoms with Crippen molar-refractivity contribution in [2.75, 3.05) is 11.4 Å². The van der Waals surface area contributed by atoms with Gasteiger partial charge in [0, 0.05) is 35.1 Å². The number of aromatic nitrogens is 1. The fourth-order valence-electron chi connectivity index (χ4n) is 5.73. The van der Waals surface area contributed by atoms with Crippen molar-refractivity contribution in [1.29, 1.82) is 0 Å². The van der Waals surface area contributed by atoms with E-state index in [4.69, 9.17) is 4.74 Å². The molecule has 2 aromatic carbocycles. The van der Waals surface area contributed by atoms with Gasteiger partial charge in [0.2, 0.25) is 10.9 Å². The van der Waals surface area contributed by atoms with Crippen molar-refractivity contribution >= 4 is 39.5 Å². The topological polar surface area (TPSA) is 97.7 Å². The van der Waals surface area contributed by atoms with Gasteiger partial charge in [-0.05, 0) is 63.3 Å². The third kappa shape index (κ3) is 4.97. The summed E-state index contributed by atoms with van der Waals surface area (Å²) in [5.41, 5.74) is 4.59. The smallest absolute Gasteiger partial charge is 0.414 e. The van der Waals surface area contributed by atoms with Crippen LogP contribution in [0.25, 0.3) is 22.2 Å². The van der Waals surface area contributed by atoms with E-state index in [1.54, 1.807) is 17.0 Å². The molecule has 8 nitrogen and oxygen atoms in total. The lowest BCUT2D eigenvalue weighted by atomic mass is 9.81. The predicted octanol–water partition coefficient (Wildman–Crippen LogP) is 5.37. The molecule has 1 saturated carbocycles. The van der Waals surface area contributed by atoms with Gasteiger partial charge in [-0.3, -0.25) is 14.4 Å². The van der Waals surface area contributed by atoms with Gasteiger partial charge in [-0.2, -0.15) is 0 Å². The summed E-state index contributed by atoms with van der Waals surface area (Å²) in [5.74, 6) is -0.290. The van der Waals surface area contributed by atoms with E-state index in [0.29, 0.717) is 19.0 Å². The molecule has 0 unspecified atom stereocenters. The van der Waals surface area contributed by atoms with E-state index in [1.165, 1.54) is 24.8 Å². The number of carbonyl (C=O) groups excluding carboxylic acids is 2. The van der Waals surface area contributed by atoms with Gasteiger partial charge in [0.25, 0.3) is 5.91 Å². The monoisotopic (exact) mass is 523 g/mol. The van der Waals surface area contributed by atoms with Crippen molar-refractivity contribution in [2.45, 2.75) is 70.9 Å². The van der Waals surface area contributed by atoms with Gasteiger partial charge in [0.05, 0.1) is 11.4 Å². The first-order valence-electron chi connectivity index (χ1n) is 12.9. The standard InChI is InChI=1S/C28H33N3O5S/c1-28(2,3)36-27(33)31-16-15-30-23-17-19(26(32)29-37(34)35)13-14-20(23)24(18-9-5-4-6-10-18)25(30)21-11-7-8-12-22(21)31/h7-8,11-14,17-18,37H,4-6,9-10,15-16H2,1-3H3,(H,29,32,34,35). The number of fused-ring (bicyclic) bond motifs is 5. The highest BCUT2D eigenvalue weighted by Gasteiger charge is 2.33. The molecule has 0 atom stereocenters. The molecule has 2 amide bonds. The second-order valence-electron chi connectivity index (χ2n) is 10.8. The number of hydrogen-bond acceptors (Lipinski definition) is 5. The third-order valence-corrected chi connectivity index (χ3v) is 7.57. The molecule has 5 rings (SSSR count). The second kappa shape index (κ2) is 9.85. The number of rotatable bonds is 3. The Morgan fingerprint density at radius 1 is 1.00 bits per heavy atom. The van der Waals surface area contributed by atoms with Crippen molar-refractivity contribution < 1.29 is 22.7 Å². The first-order valence-corrected chi connectivity index (χ1v) is 14.0. The molecule has 0 spiro atoms. The maximum atomic E-state index is 13.3. The molecular weight excluding hydrogens is 490 g/mol. The number of carbonyl (C=O) groups is 2. The Morgan fingerprint density at radius 3 is 2.43 bits per heavy atom. The van der Waals surface area contributed by atoms with Crippen molar-refractivity contribution in [2.24, 2.45) is 0 Å². The fourth-order valence-corrected chi connectivity index (χ4v) is 6.02. The predicted molar refractivity (Wildman–Crippen MR) is 145 cm³/mol. The van der Waals surface area contributed by atoms with Gasteiger partial charge in [0.1, 0.15) is 5.60 Å². The lowest BCUT2D eigenvalue weighted by Crippen LogP contribution is -2.38. The van der Waals surface area contributed by atoms with Gasteiger partial charge in [-0.25, -0.2) is 13.2 Å². The van der Waals surface area contributed by atoms with E-state index in [2.05, 4.69) is 4.57 Å². The van der Waals surface area contributed by atoms with Crippen molar-refractivity contribution in [3.05, 3.63) is 53.6 Å². The molecule has 2 heterocycles. The first-order chi connectivity index (χ1) is 17.6. The number of nitrogens with zero attached hydrogens (tertiary/aromatic N) is 2. The average molecular weight is 524 g/mol. The normalized spacial score (nSPS) is 16.3. The van der Waals surface area contributed by atoms with E-state index in [0.717, 1.165) is 40.7 Å². The van der Waals surface area contributed by atoms with Crippen LogP contribution < -0.4 is 9.62 Å². The highest BCUT2D eigenvalue weighted by Crippen LogP contribution is 2.47. The lowest BCUT2D eigenvalue weighted by Gasteiger charge is -2.28. The molecule has 0 saturated heterocycles. The zero-order chi connectivity index (χ0) is 26.3. The molecule has 9 heteroatoms. The van der Waals surface area contributed by atoms with Gasteiger partial charge in [0.15, 0.2) is 0 Å². The minimum absolute atomic E-state index is 0.281. The molecule has 0 bridgehead atoms. The number of thiol groups is 1. The number of amides is 2. The van der Waals surface area contributed by atoms with Crippen LogP contribution in [0.15, 0.2) is 42.5 Å². The Morgan fingerprint density at radius 2 is 1.73 bits per heavy atom. The van der Waals surface area contributed by atoms with Crippen LogP contribution in [0.4, 0.5) is 10.5 Å². The van der Waals surface area contributed by atoms with E-state index >= 15 is 0 Å². The molecule has 2 aliphatic rings. The van der Waals surface area contributed by atoms with Gasteiger partial charge in [-0.15, -0.1) is 0 Å². The highest BCUT2D eigenvalue weighted by molar-refractivity contribution is 7.71. The van der Waals surface area contributed by atoms with Gasteiger partial charge < -0.3 is 9.30 Å². The molecule has 3 aromatic rings. The molecule has 37 heavy (non-hydrogen) atoms. The van der Waals surface area contributed by atoms with Crippen LogP contribution in [0.1, 0.15) is 74.7 Å². The molecular formula is C28H33N3O5S. The van der Waals surface area contributed by atoms with E-state index in [-0.39, 0.29) is 5.56 Å². The Labute approximate surface area is 218 Å². The number of nitrogens with one attached hydrogen (secondary N) is 1. The quantitative estimate of drug-likeness (QED) is 0.450. The molecule has 0 radical (unpaired) electrons. The number of benzene rings is 2. The molecule has 196 valence electrons. The summed E-state index contributed by atoms with van der Waals surface area (Å²) in [6.07, 6.45) is 5.34. The maximum Gasteiger partial charge on any atom is 0.414 e. The van der Waals surface area contributed by atoms with Crippen molar-refractivity contribution in [3.8, 4) is 11.3 Å². The van der Waals surface area contributed by atoms with Crippen LogP contribution in [0.2, 0.25) is 0 Å². The molecule has 1 N–H and O–H groups in total. The summed E-state index contributed by atoms with van der Waals surface area (Å²) in [7, 11) is -3.05. The highest BCUT2D eigenvalue weighted by atomic mass is 32.2. The number of ether oxygens (including phenoxy) is 1. The summed E-state index contributed by atoms with van der Waals surface area (Å²) < 4.78 is 32.2. The number of hydrogen-bond donors (Lipinski definition) is 2. The Balaban J connectivity index is 1.72. The van der Waals surface area contributed by atoms with E-state index < -0.39 is 28.5 Å². The minimum Gasteiger partial charge on any atom is -0.443 e. The molecule has 1 aromatic heterocycles. The summed E-state index contributed by atoms with van der Waals surface area (Å²) in [4.78, 5) is 27.5. The summed E-state index contributed by atoms with van der Waals surface area (Å²) in [6.45, 7) is 6.47. The van der Waals surface area contributed by atoms with Crippen LogP contribution in [0, 0.1) is 0 Å². The molecule has 1 aliphatic heterocycles. The van der Waals surface area contributed by atoms with Crippen molar-refractivity contribution in [1.82, 2.24) is 9.29 Å². The van der Waals surface area contributed by atoms with Gasteiger partial charge in [-0.1, -0.05) is 43.5 Å². The largest absolute Gasteiger partial charge is 0.443 e. The third-order valence-electron chi connectivity index (χ3n) is 7.18. The lowest BCUT2D eigenvalue weighted by molar-refractivity contribution is 0.0579. The number of anilines is 1. The van der Waals surface area contributed by atoms with Crippen LogP contribution in [0.5, 0.6) is 0 Å². The first kappa shape index (κ1) is 25.3. The second-order valence-corrected chi connectivity index (χ2v) is 11.6. The van der Waals surface area contributed by atoms with Crippen LogP contribution in [0.3, 0.4) is 0 Å². The van der Waals surface area contributed by atoms with Crippen LogP contribution in [-0.4, -0.2) is 37.1 Å². The van der Waals surface area contributed by atoms with Crippen LogP contribution in [-0.2, 0) is 22.2 Å². The van der Waals surface area contributed by atoms with E-state index in [1.807, 2.05) is 55.8 Å². The van der Waals surface area contributed by atoms with Crippen LogP contribution >= 0.6 is 0 Å². The molecule has 1 fully saturated rings. The van der Waals surface area contributed by atoms with E-state index in [9.17, 15) is 18.0 Å². The van der Waals surface area contributed by atoms with Gasteiger partial charge >= 0.3 is 6.09 Å². The number of para-hydroxylation sites is 1. The SMILES string of the molecule is CC(C)(C)OC(=O)N1CCn2c(c(C3CCCCC3)c3ccc(C(=O)N[SH](=O)=O)cc32)-c2ccccc21. The average Bonchev–Trinajstić information content (AvgIpc) is 3.06. The summed E-state index contributed by atoms with van der Waals surface area (Å²) >= 11 is 0.